The van der Waals surface area contributed by atoms with E-state index in [9.17, 15) is 14.9 Å². The minimum Gasteiger partial charge on any atom is -0.481 e. The molecule has 5 heteroatoms. The number of allylic oxidation sites excluding steroid dienone is 1. The molecule has 0 aliphatic heterocycles. The van der Waals surface area contributed by atoms with E-state index in [1.165, 1.54) is 0 Å². The monoisotopic (exact) mass is 185 g/mol. The van der Waals surface area contributed by atoms with Gasteiger partial charge in [-0.3, -0.25) is 14.9 Å². The summed E-state index contributed by atoms with van der Waals surface area (Å²) in [6, 6.07) is 0. The SMILES string of the molecule is O=C(O)C1CC=C(C[N+](=O)[O-])CC1. The van der Waals surface area contributed by atoms with Crippen molar-refractivity contribution in [2.75, 3.05) is 6.54 Å². The van der Waals surface area contributed by atoms with Crippen molar-refractivity contribution >= 4 is 5.97 Å². The summed E-state index contributed by atoms with van der Waals surface area (Å²) in [7, 11) is 0. The number of carboxylic acids is 1. The summed E-state index contributed by atoms with van der Waals surface area (Å²) in [5.74, 6) is -1.16. The van der Waals surface area contributed by atoms with E-state index in [2.05, 4.69) is 0 Å². The second-order valence-electron chi connectivity index (χ2n) is 3.16. The van der Waals surface area contributed by atoms with E-state index in [1.54, 1.807) is 6.08 Å². The van der Waals surface area contributed by atoms with Gasteiger partial charge >= 0.3 is 5.97 Å². The van der Waals surface area contributed by atoms with Crippen LogP contribution in [-0.4, -0.2) is 22.5 Å². The molecule has 0 saturated heterocycles. The molecule has 1 unspecified atom stereocenters. The molecule has 0 fully saturated rings. The lowest BCUT2D eigenvalue weighted by molar-refractivity contribution is -0.471. The first-order valence-electron chi connectivity index (χ1n) is 4.12. The zero-order chi connectivity index (χ0) is 9.84. The molecule has 0 bridgehead atoms. The predicted octanol–water partition coefficient (Wildman–Crippen LogP) is 1.07. The van der Waals surface area contributed by atoms with Gasteiger partial charge in [0.15, 0.2) is 0 Å². The Balaban J connectivity index is 2.47. The molecular weight excluding hydrogens is 174 g/mol. The fraction of sp³-hybridized carbons (Fsp3) is 0.625. The van der Waals surface area contributed by atoms with Crippen molar-refractivity contribution in [1.82, 2.24) is 0 Å². The molecule has 0 aromatic rings. The van der Waals surface area contributed by atoms with Crippen molar-refractivity contribution in [2.24, 2.45) is 5.92 Å². The quantitative estimate of drug-likeness (QED) is 0.405. The Kier molecular flexibility index (Phi) is 3.00. The molecule has 1 rings (SSSR count). The molecule has 0 heterocycles. The van der Waals surface area contributed by atoms with Gasteiger partial charge in [-0.15, -0.1) is 0 Å². The molecule has 0 amide bonds. The maximum Gasteiger partial charge on any atom is 0.306 e. The summed E-state index contributed by atoms with van der Waals surface area (Å²) in [5, 5.41) is 18.8. The van der Waals surface area contributed by atoms with Gasteiger partial charge in [-0.25, -0.2) is 0 Å². The van der Waals surface area contributed by atoms with Gasteiger partial charge in [0.05, 0.1) is 5.92 Å². The van der Waals surface area contributed by atoms with Crippen LogP contribution in [0.5, 0.6) is 0 Å². The van der Waals surface area contributed by atoms with Crippen LogP contribution >= 0.6 is 0 Å². The molecule has 5 nitrogen and oxygen atoms in total. The zero-order valence-corrected chi connectivity index (χ0v) is 7.10. The Bertz CT molecular complexity index is 259. The van der Waals surface area contributed by atoms with Gasteiger partial charge in [0, 0.05) is 4.92 Å². The van der Waals surface area contributed by atoms with Crippen molar-refractivity contribution in [2.45, 2.75) is 19.3 Å². The fourth-order valence-electron chi connectivity index (χ4n) is 1.42. The molecule has 0 aromatic carbocycles. The highest BCUT2D eigenvalue weighted by Gasteiger charge is 2.21. The fourth-order valence-corrected chi connectivity index (χ4v) is 1.42. The van der Waals surface area contributed by atoms with E-state index >= 15 is 0 Å². The van der Waals surface area contributed by atoms with Crippen molar-refractivity contribution in [3.05, 3.63) is 21.8 Å². The van der Waals surface area contributed by atoms with Gasteiger partial charge in [0.1, 0.15) is 0 Å². The van der Waals surface area contributed by atoms with Crippen LogP contribution in [-0.2, 0) is 4.79 Å². The van der Waals surface area contributed by atoms with E-state index < -0.39 is 5.97 Å². The summed E-state index contributed by atoms with van der Waals surface area (Å²) in [5.41, 5.74) is 0.752. The first-order chi connectivity index (χ1) is 6.09. The van der Waals surface area contributed by atoms with Gasteiger partial charge in [0.25, 0.3) is 0 Å². The van der Waals surface area contributed by atoms with Crippen LogP contribution < -0.4 is 0 Å². The summed E-state index contributed by atoms with van der Waals surface area (Å²) in [6.45, 7) is -0.146. The topological polar surface area (TPSA) is 80.4 Å². The highest BCUT2D eigenvalue weighted by molar-refractivity contribution is 5.70. The van der Waals surface area contributed by atoms with Gasteiger partial charge in [-0.05, 0) is 24.8 Å². The van der Waals surface area contributed by atoms with Crippen molar-refractivity contribution in [1.29, 1.82) is 0 Å². The van der Waals surface area contributed by atoms with Gasteiger partial charge in [0.2, 0.25) is 6.54 Å². The van der Waals surface area contributed by atoms with Crippen LogP contribution in [0.2, 0.25) is 0 Å². The molecule has 13 heavy (non-hydrogen) atoms. The largest absolute Gasteiger partial charge is 0.481 e. The highest BCUT2D eigenvalue weighted by Crippen LogP contribution is 2.23. The lowest BCUT2D eigenvalue weighted by Gasteiger charge is -2.15. The maximum atomic E-state index is 10.5. The Morgan fingerprint density at radius 1 is 1.77 bits per heavy atom. The van der Waals surface area contributed by atoms with Gasteiger partial charge in [-0.1, -0.05) is 6.08 Å². The third-order valence-electron chi connectivity index (χ3n) is 2.19. The summed E-state index contributed by atoms with van der Waals surface area (Å²) < 4.78 is 0. The van der Waals surface area contributed by atoms with Crippen LogP contribution in [0.4, 0.5) is 0 Å². The highest BCUT2D eigenvalue weighted by atomic mass is 16.6. The number of nitrogens with zero attached hydrogens (tertiary/aromatic N) is 1. The second kappa shape index (κ2) is 4.02. The number of carbonyl (C=O) groups is 1. The summed E-state index contributed by atoms with van der Waals surface area (Å²) >= 11 is 0. The molecule has 0 radical (unpaired) electrons. The lowest BCUT2D eigenvalue weighted by Crippen LogP contribution is -2.18. The maximum absolute atomic E-state index is 10.5. The smallest absolute Gasteiger partial charge is 0.306 e. The van der Waals surface area contributed by atoms with Crippen molar-refractivity contribution < 1.29 is 14.8 Å². The molecule has 72 valence electrons. The Hall–Kier alpha value is -1.39. The number of rotatable bonds is 3. The molecule has 0 aromatic heterocycles. The van der Waals surface area contributed by atoms with E-state index in [1.807, 2.05) is 0 Å². The normalized spacial score (nSPS) is 22.2. The number of hydrogen-bond donors (Lipinski definition) is 1. The Labute approximate surface area is 75.2 Å². The standard InChI is InChI=1S/C8H11NO4/c10-8(11)7-3-1-6(2-4-7)5-9(12)13/h1,7H,2-5H2,(H,10,11). The number of carboxylic acid groups (broad SMARTS) is 1. The van der Waals surface area contributed by atoms with Gasteiger partial charge < -0.3 is 5.11 Å². The van der Waals surface area contributed by atoms with Crippen molar-refractivity contribution in [3.63, 3.8) is 0 Å². The first-order valence-corrected chi connectivity index (χ1v) is 4.12. The molecular formula is C8H11NO4. The molecule has 0 saturated carbocycles. The van der Waals surface area contributed by atoms with E-state index in [-0.39, 0.29) is 17.4 Å². The predicted molar refractivity (Wildman–Crippen MR) is 44.9 cm³/mol. The Morgan fingerprint density at radius 2 is 2.46 bits per heavy atom. The number of nitro groups is 1. The number of aliphatic carboxylic acids is 1. The second-order valence-corrected chi connectivity index (χ2v) is 3.16. The first kappa shape index (κ1) is 9.70. The molecule has 1 atom stereocenters. The minimum absolute atomic E-state index is 0.146. The molecule has 1 N–H and O–H groups in total. The summed E-state index contributed by atoms with van der Waals surface area (Å²) in [6.07, 6.45) is 3.18. The van der Waals surface area contributed by atoms with E-state index in [0.717, 1.165) is 5.57 Å². The van der Waals surface area contributed by atoms with Crippen LogP contribution in [0.3, 0.4) is 0 Å². The molecule has 0 spiro atoms. The third kappa shape index (κ3) is 2.85. The number of hydrogen-bond acceptors (Lipinski definition) is 3. The van der Waals surface area contributed by atoms with E-state index in [4.69, 9.17) is 5.11 Å². The minimum atomic E-state index is -0.809. The van der Waals surface area contributed by atoms with Crippen LogP contribution in [0.25, 0.3) is 0 Å². The average molecular weight is 185 g/mol. The molecule has 1 aliphatic carbocycles. The average Bonchev–Trinajstić information content (AvgIpc) is 2.04. The van der Waals surface area contributed by atoms with Crippen LogP contribution in [0.1, 0.15) is 19.3 Å². The zero-order valence-electron chi connectivity index (χ0n) is 7.10. The van der Waals surface area contributed by atoms with E-state index in [0.29, 0.717) is 19.3 Å². The lowest BCUT2D eigenvalue weighted by atomic mass is 9.90. The van der Waals surface area contributed by atoms with Crippen LogP contribution in [0, 0.1) is 16.0 Å². The molecule has 1 aliphatic rings. The summed E-state index contributed by atoms with van der Waals surface area (Å²) in [4.78, 5) is 20.3. The Morgan fingerprint density at radius 3 is 2.85 bits per heavy atom. The van der Waals surface area contributed by atoms with Crippen molar-refractivity contribution in [3.8, 4) is 0 Å². The van der Waals surface area contributed by atoms with Gasteiger partial charge in [-0.2, -0.15) is 0 Å². The third-order valence-corrected chi connectivity index (χ3v) is 2.19. The van der Waals surface area contributed by atoms with Crippen LogP contribution in [0.15, 0.2) is 11.6 Å².